The summed E-state index contributed by atoms with van der Waals surface area (Å²) in [4.78, 5) is 2.67. The largest absolute Gasteiger partial charge is 0.496 e. The summed E-state index contributed by atoms with van der Waals surface area (Å²) in [7, 11) is 1.79. The van der Waals surface area contributed by atoms with Crippen LogP contribution in [-0.2, 0) is 12.8 Å². The molecule has 2 aromatic rings. The molecule has 1 aliphatic rings. The van der Waals surface area contributed by atoms with Crippen LogP contribution in [0.2, 0.25) is 0 Å². The van der Waals surface area contributed by atoms with Gasteiger partial charge in [0.15, 0.2) is 0 Å². The van der Waals surface area contributed by atoms with Gasteiger partial charge < -0.3 is 4.74 Å². The maximum absolute atomic E-state index is 5.66. The molecule has 1 unspecified atom stereocenters. The first-order valence-corrected chi connectivity index (χ1v) is 8.60. The van der Waals surface area contributed by atoms with Crippen molar-refractivity contribution < 1.29 is 4.74 Å². The highest BCUT2D eigenvalue weighted by molar-refractivity contribution is 5.91. The summed E-state index contributed by atoms with van der Waals surface area (Å²) in [5.41, 5.74) is 2.89. The number of methoxy groups -OCH3 is 1. The zero-order valence-corrected chi connectivity index (χ0v) is 15.3. The molecule has 0 bridgehead atoms. The second-order valence-corrected chi connectivity index (χ2v) is 6.36. The maximum atomic E-state index is 5.66. The standard InChI is InChI=1S/C20H27NO.ClH/c1-4-11-21(12-5-2)17-13-16-8-6-7-15-9-10-19(22-3)18(14-17)20(15)16;/h6-10,17H,4-5,11-14H2,1-3H3;1H. The van der Waals surface area contributed by atoms with E-state index in [0.717, 1.165) is 18.6 Å². The number of hydrogen-bond acceptors (Lipinski definition) is 2. The molecule has 2 aromatic carbocycles. The third-order valence-corrected chi connectivity index (χ3v) is 4.85. The summed E-state index contributed by atoms with van der Waals surface area (Å²) in [5, 5.41) is 2.79. The van der Waals surface area contributed by atoms with E-state index in [1.54, 1.807) is 7.11 Å². The minimum absolute atomic E-state index is 0. The van der Waals surface area contributed by atoms with Gasteiger partial charge in [-0.2, -0.15) is 0 Å². The number of ether oxygens (including phenoxy) is 1. The summed E-state index contributed by atoms with van der Waals surface area (Å²) in [6.45, 7) is 6.94. The minimum atomic E-state index is 0. The molecule has 0 saturated heterocycles. The minimum Gasteiger partial charge on any atom is -0.496 e. The van der Waals surface area contributed by atoms with Gasteiger partial charge >= 0.3 is 0 Å². The Morgan fingerprint density at radius 1 is 1.04 bits per heavy atom. The molecule has 0 heterocycles. The van der Waals surface area contributed by atoms with Crippen molar-refractivity contribution in [1.29, 1.82) is 0 Å². The predicted molar refractivity (Wildman–Crippen MR) is 101 cm³/mol. The lowest BCUT2D eigenvalue weighted by molar-refractivity contribution is 0.191. The third-order valence-electron chi connectivity index (χ3n) is 4.85. The second-order valence-electron chi connectivity index (χ2n) is 6.36. The Kier molecular flexibility index (Phi) is 6.32. The van der Waals surface area contributed by atoms with Crippen LogP contribution in [-0.4, -0.2) is 31.1 Å². The molecule has 0 radical (unpaired) electrons. The van der Waals surface area contributed by atoms with E-state index in [1.807, 2.05) is 0 Å². The van der Waals surface area contributed by atoms with Gasteiger partial charge in [-0.1, -0.05) is 38.1 Å². The first-order chi connectivity index (χ1) is 10.8. The zero-order valence-electron chi connectivity index (χ0n) is 14.5. The van der Waals surface area contributed by atoms with Crippen molar-refractivity contribution in [1.82, 2.24) is 4.90 Å². The van der Waals surface area contributed by atoms with Crippen molar-refractivity contribution in [2.24, 2.45) is 0 Å². The molecule has 126 valence electrons. The van der Waals surface area contributed by atoms with Crippen LogP contribution in [0.4, 0.5) is 0 Å². The topological polar surface area (TPSA) is 12.5 Å². The van der Waals surface area contributed by atoms with E-state index in [4.69, 9.17) is 4.74 Å². The van der Waals surface area contributed by atoms with Gasteiger partial charge in [0.25, 0.3) is 0 Å². The Morgan fingerprint density at radius 3 is 2.43 bits per heavy atom. The number of benzene rings is 2. The third kappa shape index (κ3) is 3.49. The van der Waals surface area contributed by atoms with Crippen LogP contribution in [0.5, 0.6) is 5.75 Å². The molecule has 0 aliphatic heterocycles. The number of rotatable bonds is 6. The highest BCUT2D eigenvalue weighted by Crippen LogP contribution is 2.37. The van der Waals surface area contributed by atoms with Crippen LogP contribution in [0, 0.1) is 0 Å². The fraction of sp³-hybridized carbons (Fsp3) is 0.500. The summed E-state index contributed by atoms with van der Waals surface area (Å²) >= 11 is 0. The lowest BCUT2D eigenvalue weighted by atomic mass is 9.84. The average Bonchev–Trinajstić information content (AvgIpc) is 2.55. The van der Waals surface area contributed by atoms with Crippen molar-refractivity contribution in [2.45, 2.75) is 45.6 Å². The van der Waals surface area contributed by atoms with Gasteiger partial charge in [-0.05, 0) is 61.2 Å². The van der Waals surface area contributed by atoms with Gasteiger partial charge in [0, 0.05) is 11.6 Å². The molecule has 0 spiro atoms. The Hall–Kier alpha value is -1.25. The van der Waals surface area contributed by atoms with Gasteiger partial charge in [-0.3, -0.25) is 4.90 Å². The van der Waals surface area contributed by atoms with Crippen LogP contribution in [0.1, 0.15) is 37.8 Å². The fourth-order valence-electron chi connectivity index (χ4n) is 3.95. The second kappa shape index (κ2) is 8.03. The smallest absolute Gasteiger partial charge is 0.122 e. The van der Waals surface area contributed by atoms with Crippen LogP contribution in [0.3, 0.4) is 0 Å². The predicted octanol–water partition coefficient (Wildman–Crippen LogP) is 4.86. The summed E-state index contributed by atoms with van der Waals surface area (Å²) < 4.78 is 5.66. The average molecular weight is 334 g/mol. The highest BCUT2D eigenvalue weighted by Gasteiger charge is 2.26. The summed E-state index contributed by atoms with van der Waals surface area (Å²) in [6, 6.07) is 11.6. The van der Waals surface area contributed by atoms with E-state index >= 15 is 0 Å². The molecule has 0 N–H and O–H groups in total. The lowest BCUT2D eigenvalue weighted by Gasteiger charge is -2.35. The van der Waals surface area contributed by atoms with Gasteiger partial charge in [0.2, 0.25) is 0 Å². The SMILES string of the molecule is CCCN(CCC)C1Cc2cccc3ccc(OC)c(c23)C1.Cl. The number of nitrogens with zero attached hydrogens (tertiary/aromatic N) is 1. The van der Waals surface area contributed by atoms with E-state index in [0.29, 0.717) is 6.04 Å². The van der Waals surface area contributed by atoms with Gasteiger partial charge in [0.05, 0.1) is 7.11 Å². The molecule has 1 aliphatic carbocycles. The van der Waals surface area contributed by atoms with E-state index < -0.39 is 0 Å². The van der Waals surface area contributed by atoms with Crippen LogP contribution >= 0.6 is 12.4 Å². The van der Waals surface area contributed by atoms with Gasteiger partial charge in [0.1, 0.15) is 5.75 Å². The zero-order chi connectivity index (χ0) is 15.5. The van der Waals surface area contributed by atoms with Crippen molar-refractivity contribution in [3.05, 3.63) is 41.5 Å². The van der Waals surface area contributed by atoms with E-state index in [1.165, 1.54) is 47.8 Å². The first kappa shape index (κ1) is 18.1. The molecule has 2 nitrogen and oxygen atoms in total. The van der Waals surface area contributed by atoms with Crippen molar-refractivity contribution >= 4 is 23.2 Å². The van der Waals surface area contributed by atoms with E-state index in [-0.39, 0.29) is 12.4 Å². The Bertz CT molecular complexity index is 649. The molecule has 3 heteroatoms. The molecule has 0 fully saturated rings. The fourth-order valence-corrected chi connectivity index (χ4v) is 3.95. The molecule has 1 atom stereocenters. The molecular formula is C20H28ClNO. The van der Waals surface area contributed by atoms with Crippen LogP contribution in [0.25, 0.3) is 10.8 Å². The Morgan fingerprint density at radius 2 is 1.78 bits per heavy atom. The van der Waals surface area contributed by atoms with Gasteiger partial charge in [-0.25, -0.2) is 0 Å². The Labute approximate surface area is 146 Å². The summed E-state index contributed by atoms with van der Waals surface area (Å²) in [6.07, 6.45) is 4.72. The first-order valence-electron chi connectivity index (χ1n) is 8.60. The van der Waals surface area contributed by atoms with Crippen molar-refractivity contribution in [3.63, 3.8) is 0 Å². The highest BCUT2D eigenvalue weighted by atomic mass is 35.5. The van der Waals surface area contributed by atoms with E-state index in [9.17, 15) is 0 Å². The van der Waals surface area contributed by atoms with Crippen LogP contribution in [0.15, 0.2) is 30.3 Å². The molecule has 0 saturated carbocycles. The van der Waals surface area contributed by atoms with Crippen molar-refractivity contribution in [3.8, 4) is 5.75 Å². The molecule has 0 amide bonds. The monoisotopic (exact) mass is 333 g/mol. The summed E-state index contributed by atoms with van der Waals surface area (Å²) in [5.74, 6) is 1.05. The molecule has 23 heavy (non-hydrogen) atoms. The molecule has 0 aromatic heterocycles. The Balaban J connectivity index is 0.00000192. The normalized spacial score (nSPS) is 16.4. The van der Waals surface area contributed by atoms with Crippen molar-refractivity contribution in [2.75, 3.05) is 20.2 Å². The lowest BCUT2D eigenvalue weighted by Crippen LogP contribution is -2.41. The molecule has 3 rings (SSSR count). The van der Waals surface area contributed by atoms with E-state index in [2.05, 4.69) is 49.1 Å². The quantitative estimate of drug-likeness (QED) is 0.748. The number of hydrogen-bond donors (Lipinski definition) is 0. The number of halogens is 1. The van der Waals surface area contributed by atoms with Crippen LogP contribution < -0.4 is 4.74 Å². The van der Waals surface area contributed by atoms with Gasteiger partial charge in [-0.15, -0.1) is 12.4 Å². The maximum Gasteiger partial charge on any atom is 0.122 e. The molecular weight excluding hydrogens is 306 g/mol.